The molecule has 0 N–H and O–H groups in total. The fourth-order valence-corrected chi connectivity index (χ4v) is 9.68. The summed E-state index contributed by atoms with van der Waals surface area (Å²) >= 11 is 0. The number of carbonyl (C=O) groups excluding carboxylic acids is 2. The molecule has 0 amide bonds. The summed E-state index contributed by atoms with van der Waals surface area (Å²) in [6.07, 6.45) is 63.3. The molecule has 58 heavy (non-hydrogen) atoms. The Labute approximate surface area is 367 Å². The van der Waals surface area contributed by atoms with Crippen LogP contribution in [0.5, 0.6) is 0 Å². The van der Waals surface area contributed by atoms with Gasteiger partial charge in [-0.05, 0) is 25.7 Å². The van der Waals surface area contributed by atoms with Gasteiger partial charge in [0.15, 0.2) is 0 Å². The van der Waals surface area contributed by atoms with Crippen LogP contribution in [0.2, 0.25) is 0 Å². The van der Waals surface area contributed by atoms with Crippen molar-refractivity contribution in [3.8, 4) is 0 Å². The second kappa shape index (κ2) is 47.4. The fourth-order valence-electron chi connectivity index (χ4n) is 9.68. The van der Waals surface area contributed by atoms with Gasteiger partial charge in [0, 0.05) is 5.92 Å². The topological polar surface area (TPSA) is 34.1 Å². The maximum absolute atomic E-state index is 14.8. The van der Waals surface area contributed by atoms with Crippen LogP contribution in [0, 0.1) is 11.3 Å². The highest BCUT2D eigenvalue weighted by Gasteiger charge is 2.40. The van der Waals surface area contributed by atoms with Gasteiger partial charge in [-0.25, -0.2) is 0 Å². The Morgan fingerprint density at radius 1 is 0.310 bits per heavy atom. The zero-order valence-electron chi connectivity index (χ0n) is 40.9. The summed E-state index contributed by atoms with van der Waals surface area (Å²) in [5.74, 6) is 0.447. The lowest BCUT2D eigenvalue weighted by atomic mass is 9.70. The molecule has 0 atom stereocenters. The van der Waals surface area contributed by atoms with E-state index in [1.54, 1.807) is 0 Å². The van der Waals surface area contributed by atoms with Crippen molar-refractivity contribution < 1.29 is 9.59 Å². The quantitative estimate of drug-likeness (QED) is 0.0348. The van der Waals surface area contributed by atoms with E-state index in [4.69, 9.17) is 0 Å². The smallest absolute Gasteiger partial charge is 0.149 e. The molecule has 0 saturated heterocycles. The van der Waals surface area contributed by atoms with Crippen LogP contribution >= 0.6 is 0 Å². The number of Topliss-reactive ketones (excluding diaryl/α,β-unsaturated/α-hetero) is 1. The predicted molar refractivity (Wildman–Crippen MR) is 261 cm³/mol. The molecule has 346 valence electrons. The van der Waals surface area contributed by atoms with Gasteiger partial charge >= 0.3 is 0 Å². The third-order valence-electron chi connectivity index (χ3n) is 13.9. The Morgan fingerprint density at radius 3 is 0.707 bits per heavy atom. The molecule has 2 nitrogen and oxygen atoms in total. The van der Waals surface area contributed by atoms with Gasteiger partial charge in [-0.1, -0.05) is 310 Å². The Hall–Kier alpha value is -0.660. The maximum atomic E-state index is 14.8. The van der Waals surface area contributed by atoms with Crippen LogP contribution in [0.1, 0.15) is 336 Å². The molecule has 0 aliphatic heterocycles. The van der Waals surface area contributed by atoms with Gasteiger partial charge in [0.05, 0.1) is 5.41 Å². The minimum Gasteiger partial charge on any atom is -0.302 e. The molecular weight excluding hydrogens is 705 g/mol. The van der Waals surface area contributed by atoms with E-state index in [9.17, 15) is 9.59 Å². The molecule has 0 aromatic rings. The second-order valence-corrected chi connectivity index (χ2v) is 19.6. The number of hydrogen-bond acceptors (Lipinski definition) is 2. The van der Waals surface area contributed by atoms with Gasteiger partial charge in [0.25, 0.3) is 0 Å². The zero-order valence-corrected chi connectivity index (χ0v) is 40.9. The average molecular weight is 815 g/mol. The number of aldehydes is 1. The lowest BCUT2D eigenvalue weighted by molar-refractivity contribution is -0.139. The summed E-state index contributed by atoms with van der Waals surface area (Å²) in [7, 11) is 0. The number of carbonyl (C=O) groups is 2. The first kappa shape index (κ1) is 57.3. The van der Waals surface area contributed by atoms with Crippen LogP contribution in [-0.2, 0) is 9.59 Å². The Balaban J connectivity index is 5.23. The predicted octanol–water partition coefficient (Wildman–Crippen LogP) is 20.2. The van der Waals surface area contributed by atoms with Crippen LogP contribution < -0.4 is 0 Å². The monoisotopic (exact) mass is 815 g/mol. The van der Waals surface area contributed by atoms with Gasteiger partial charge in [0.2, 0.25) is 0 Å². The number of unbranched alkanes of at least 4 members (excludes halogenated alkanes) is 40. The molecular formula is C56H110O2. The average Bonchev–Trinajstić information content (AvgIpc) is 3.24. The van der Waals surface area contributed by atoms with E-state index in [0.29, 0.717) is 5.78 Å². The maximum Gasteiger partial charge on any atom is 0.149 e. The largest absolute Gasteiger partial charge is 0.302 e. The highest BCUT2D eigenvalue weighted by atomic mass is 16.1. The summed E-state index contributed by atoms with van der Waals surface area (Å²) in [6, 6.07) is 0. The van der Waals surface area contributed by atoms with Crippen LogP contribution in [0.3, 0.4) is 0 Å². The van der Waals surface area contributed by atoms with Crippen LogP contribution in [0.4, 0.5) is 0 Å². The Kier molecular flexibility index (Phi) is 46.9. The number of hydrogen-bond donors (Lipinski definition) is 0. The Bertz CT molecular complexity index is 750. The molecule has 0 fully saturated rings. The molecule has 0 aliphatic carbocycles. The van der Waals surface area contributed by atoms with Gasteiger partial charge in [-0.2, -0.15) is 0 Å². The molecule has 0 spiro atoms. The second-order valence-electron chi connectivity index (χ2n) is 19.6. The van der Waals surface area contributed by atoms with Crippen molar-refractivity contribution in [2.24, 2.45) is 11.3 Å². The lowest BCUT2D eigenvalue weighted by Gasteiger charge is -2.31. The van der Waals surface area contributed by atoms with Crippen LogP contribution in [-0.4, -0.2) is 12.1 Å². The molecule has 0 aromatic heterocycles. The van der Waals surface area contributed by atoms with Crippen molar-refractivity contribution in [2.45, 2.75) is 336 Å². The molecule has 0 aliphatic rings. The van der Waals surface area contributed by atoms with E-state index in [1.165, 1.54) is 263 Å². The van der Waals surface area contributed by atoms with Crippen molar-refractivity contribution in [2.75, 3.05) is 0 Å². The summed E-state index contributed by atoms with van der Waals surface area (Å²) in [6.45, 7) is 9.19. The highest BCUT2D eigenvalue weighted by molar-refractivity contribution is 5.99. The van der Waals surface area contributed by atoms with Crippen molar-refractivity contribution in [3.05, 3.63) is 0 Å². The van der Waals surface area contributed by atoms with Crippen molar-refractivity contribution >= 4 is 12.1 Å². The molecule has 0 bridgehead atoms. The molecule has 0 unspecified atom stereocenters. The van der Waals surface area contributed by atoms with Gasteiger partial charge in [0.1, 0.15) is 12.1 Å². The summed E-state index contributed by atoms with van der Waals surface area (Å²) < 4.78 is 0. The van der Waals surface area contributed by atoms with E-state index in [-0.39, 0.29) is 5.92 Å². The van der Waals surface area contributed by atoms with E-state index in [0.717, 1.165) is 51.4 Å². The number of ketones is 1. The van der Waals surface area contributed by atoms with Crippen molar-refractivity contribution in [3.63, 3.8) is 0 Å². The summed E-state index contributed by atoms with van der Waals surface area (Å²) in [5, 5.41) is 0. The number of rotatable bonds is 51. The minimum absolute atomic E-state index is 0.0858. The Morgan fingerprint density at radius 2 is 0.500 bits per heavy atom. The van der Waals surface area contributed by atoms with Crippen LogP contribution in [0.25, 0.3) is 0 Å². The summed E-state index contributed by atoms with van der Waals surface area (Å²) in [4.78, 5) is 28.1. The normalized spacial score (nSPS) is 11.9. The third-order valence-corrected chi connectivity index (χ3v) is 13.9. The molecule has 0 aromatic carbocycles. The SMILES string of the molecule is CCCCCCCCCCCCCCC(CCCCCCCCCCCCCC)C(=O)C(C=O)(CCCCCCCCCCCC)CCCCCCCCCCCC. The first-order chi connectivity index (χ1) is 28.6. The summed E-state index contributed by atoms with van der Waals surface area (Å²) in [5.41, 5.74) is -0.737. The van der Waals surface area contributed by atoms with Gasteiger partial charge < -0.3 is 4.79 Å². The van der Waals surface area contributed by atoms with E-state index in [2.05, 4.69) is 27.7 Å². The fraction of sp³-hybridized carbons (Fsp3) is 0.964. The molecule has 0 rings (SSSR count). The van der Waals surface area contributed by atoms with E-state index >= 15 is 0 Å². The first-order valence-electron chi connectivity index (χ1n) is 27.6. The first-order valence-corrected chi connectivity index (χ1v) is 27.6. The molecule has 0 saturated carbocycles. The van der Waals surface area contributed by atoms with Crippen molar-refractivity contribution in [1.82, 2.24) is 0 Å². The minimum atomic E-state index is -0.737. The van der Waals surface area contributed by atoms with E-state index in [1.807, 2.05) is 0 Å². The molecule has 0 heterocycles. The van der Waals surface area contributed by atoms with Crippen molar-refractivity contribution in [1.29, 1.82) is 0 Å². The lowest BCUT2D eigenvalue weighted by Crippen LogP contribution is -2.38. The highest BCUT2D eigenvalue weighted by Crippen LogP contribution is 2.37. The third kappa shape index (κ3) is 37.1. The standard InChI is InChI=1S/C56H110O2/c1-5-9-13-17-21-25-29-31-33-37-41-45-49-54(50-46-42-38-34-32-30-26-22-18-14-10-6-2)55(58)56(53-57,51-47-43-39-35-27-23-19-15-11-7-3)52-48-44-40-36-28-24-20-16-12-8-4/h53-54H,5-52H2,1-4H3. The van der Waals surface area contributed by atoms with Crippen LogP contribution in [0.15, 0.2) is 0 Å². The zero-order chi connectivity index (χ0) is 42.3. The van der Waals surface area contributed by atoms with Gasteiger partial charge in [-0.3, -0.25) is 4.79 Å². The van der Waals surface area contributed by atoms with Gasteiger partial charge in [-0.15, -0.1) is 0 Å². The molecule has 2 heteroatoms. The molecule has 0 radical (unpaired) electrons. The van der Waals surface area contributed by atoms with E-state index < -0.39 is 5.41 Å².